The maximum atomic E-state index is 13.5. The first-order valence-corrected chi connectivity index (χ1v) is 5.48. The highest BCUT2D eigenvalue weighted by molar-refractivity contribution is 5.96. The Morgan fingerprint density at radius 2 is 2.28 bits per heavy atom. The van der Waals surface area contributed by atoms with E-state index in [1.165, 1.54) is 16.8 Å². The molecule has 0 aliphatic heterocycles. The smallest absolute Gasteiger partial charge is 0.187 e. The third-order valence-corrected chi connectivity index (χ3v) is 2.52. The van der Waals surface area contributed by atoms with Gasteiger partial charge in [-0.1, -0.05) is 16.8 Å². The quantitative estimate of drug-likeness (QED) is 0.821. The van der Waals surface area contributed by atoms with Crippen molar-refractivity contribution in [2.75, 3.05) is 0 Å². The normalized spacial score (nSPS) is 10.6. The minimum atomic E-state index is -0.523. The van der Waals surface area contributed by atoms with Gasteiger partial charge in [-0.05, 0) is 19.1 Å². The van der Waals surface area contributed by atoms with Gasteiger partial charge in [0, 0.05) is 6.54 Å². The van der Waals surface area contributed by atoms with Crippen LogP contribution in [0.15, 0.2) is 24.4 Å². The first-order valence-electron chi connectivity index (χ1n) is 5.48. The molecular formula is C12H13FN4O. The summed E-state index contributed by atoms with van der Waals surface area (Å²) < 4.78 is 14.9. The molecule has 0 saturated carbocycles. The first-order chi connectivity index (χ1) is 8.60. The molecule has 2 N–H and O–H groups in total. The van der Waals surface area contributed by atoms with Crippen LogP contribution in [0.2, 0.25) is 0 Å². The zero-order valence-corrected chi connectivity index (χ0v) is 9.93. The molecule has 18 heavy (non-hydrogen) atoms. The molecule has 1 aromatic carbocycles. The van der Waals surface area contributed by atoms with E-state index in [1.54, 1.807) is 19.2 Å². The van der Waals surface area contributed by atoms with Crippen molar-refractivity contribution in [1.82, 2.24) is 15.0 Å². The lowest BCUT2D eigenvalue weighted by atomic mass is 10.1. The van der Waals surface area contributed by atoms with Crippen LogP contribution in [-0.2, 0) is 13.1 Å². The average molecular weight is 248 g/mol. The van der Waals surface area contributed by atoms with E-state index in [0.29, 0.717) is 5.69 Å². The Morgan fingerprint density at radius 3 is 2.94 bits per heavy atom. The molecule has 6 heteroatoms. The monoisotopic (exact) mass is 248 g/mol. The number of aromatic nitrogens is 3. The molecule has 0 aliphatic carbocycles. The molecule has 0 amide bonds. The highest BCUT2D eigenvalue weighted by Crippen LogP contribution is 2.11. The van der Waals surface area contributed by atoms with Gasteiger partial charge in [0.2, 0.25) is 0 Å². The molecule has 1 aromatic heterocycles. The second kappa shape index (κ2) is 5.05. The predicted molar refractivity (Wildman–Crippen MR) is 63.4 cm³/mol. The van der Waals surface area contributed by atoms with Crippen LogP contribution in [-0.4, -0.2) is 20.8 Å². The molecule has 0 saturated heterocycles. The van der Waals surface area contributed by atoms with Crippen LogP contribution in [0, 0.1) is 12.7 Å². The van der Waals surface area contributed by atoms with Gasteiger partial charge in [-0.15, -0.1) is 5.10 Å². The molecule has 1 heterocycles. The summed E-state index contributed by atoms with van der Waals surface area (Å²) >= 11 is 0. The van der Waals surface area contributed by atoms with E-state index in [-0.39, 0.29) is 24.4 Å². The molecule has 0 spiro atoms. The zero-order chi connectivity index (χ0) is 13.1. The number of ketones is 1. The van der Waals surface area contributed by atoms with Gasteiger partial charge in [0.15, 0.2) is 5.78 Å². The summed E-state index contributed by atoms with van der Waals surface area (Å²) in [5, 5.41) is 7.51. The molecule has 0 fully saturated rings. The number of carbonyl (C=O) groups excluding carboxylic acids is 1. The van der Waals surface area contributed by atoms with E-state index in [0.717, 1.165) is 5.56 Å². The van der Waals surface area contributed by atoms with E-state index in [2.05, 4.69) is 10.3 Å². The average Bonchev–Trinajstić information content (AvgIpc) is 2.80. The predicted octanol–water partition coefficient (Wildman–Crippen LogP) is 1.07. The van der Waals surface area contributed by atoms with Crippen molar-refractivity contribution >= 4 is 5.78 Å². The highest BCUT2D eigenvalue weighted by Gasteiger charge is 2.13. The van der Waals surface area contributed by atoms with Crippen LogP contribution in [0.4, 0.5) is 4.39 Å². The number of nitrogens with zero attached hydrogens (tertiary/aromatic N) is 3. The lowest BCUT2D eigenvalue weighted by molar-refractivity contribution is 0.0963. The Kier molecular flexibility index (Phi) is 3.47. The molecule has 5 nitrogen and oxygen atoms in total. The van der Waals surface area contributed by atoms with Crippen LogP contribution >= 0.6 is 0 Å². The number of nitrogens with two attached hydrogens (primary N) is 1. The second-order valence-electron chi connectivity index (χ2n) is 4.02. The topological polar surface area (TPSA) is 73.8 Å². The van der Waals surface area contributed by atoms with Crippen molar-refractivity contribution in [3.8, 4) is 0 Å². The summed E-state index contributed by atoms with van der Waals surface area (Å²) in [6, 6.07) is 4.43. The number of hydrogen-bond acceptors (Lipinski definition) is 4. The maximum absolute atomic E-state index is 13.5. The Bertz CT molecular complexity index is 579. The fourth-order valence-corrected chi connectivity index (χ4v) is 1.59. The van der Waals surface area contributed by atoms with Gasteiger partial charge in [0.1, 0.15) is 12.4 Å². The van der Waals surface area contributed by atoms with Gasteiger partial charge >= 0.3 is 0 Å². The highest BCUT2D eigenvalue weighted by atomic mass is 19.1. The fraction of sp³-hybridized carbons (Fsp3) is 0.250. The third-order valence-electron chi connectivity index (χ3n) is 2.52. The number of rotatable bonds is 4. The fourth-order valence-electron chi connectivity index (χ4n) is 1.59. The van der Waals surface area contributed by atoms with Crippen LogP contribution in [0.5, 0.6) is 0 Å². The molecule has 2 rings (SSSR count). The minimum Gasteiger partial charge on any atom is -0.325 e. The summed E-state index contributed by atoms with van der Waals surface area (Å²) in [6.45, 7) is 2.01. The largest absolute Gasteiger partial charge is 0.325 e. The van der Waals surface area contributed by atoms with E-state index in [4.69, 9.17) is 5.73 Å². The van der Waals surface area contributed by atoms with Crippen LogP contribution in [0.3, 0.4) is 0 Å². The van der Waals surface area contributed by atoms with Crippen molar-refractivity contribution in [3.05, 3.63) is 47.0 Å². The second-order valence-corrected chi connectivity index (χ2v) is 4.02. The van der Waals surface area contributed by atoms with Gasteiger partial charge in [0.25, 0.3) is 0 Å². The summed E-state index contributed by atoms with van der Waals surface area (Å²) in [7, 11) is 0. The summed E-state index contributed by atoms with van der Waals surface area (Å²) in [6.07, 6.45) is 1.58. The number of aryl methyl sites for hydroxylation is 1. The van der Waals surface area contributed by atoms with E-state index in [9.17, 15) is 9.18 Å². The Morgan fingerprint density at radius 1 is 1.50 bits per heavy atom. The lowest BCUT2D eigenvalue weighted by Crippen LogP contribution is -2.13. The van der Waals surface area contributed by atoms with E-state index < -0.39 is 5.82 Å². The third kappa shape index (κ3) is 2.60. The van der Waals surface area contributed by atoms with Gasteiger partial charge in [0.05, 0.1) is 17.5 Å². The Labute approximate surface area is 103 Å². The summed E-state index contributed by atoms with van der Waals surface area (Å²) in [4.78, 5) is 11.9. The molecule has 94 valence electrons. The molecule has 0 atom stereocenters. The molecule has 0 radical (unpaired) electrons. The van der Waals surface area contributed by atoms with Crippen molar-refractivity contribution < 1.29 is 9.18 Å². The van der Waals surface area contributed by atoms with Crippen molar-refractivity contribution in [1.29, 1.82) is 0 Å². The number of benzene rings is 1. The van der Waals surface area contributed by atoms with Gasteiger partial charge in [-0.25, -0.2) is 9.07 Å². The van der Waals surface area contributed by atoms with Gasteiger partial charge in [-0.3, -0.25) is 4.79 Å². The van der Waals surface area contributed by atoms with Crippen molar-refractivity contribution in [3.63, 3.8) is 0 Å². The van der Waals surface area contributed by atoms with Crippen LogP contribution in [0.25, 0.3) is 0 Å². The number of halogens is 1. The Hall–Kier alpha value is -2.08. The SMILES string of the molecule is Cc1ccc(F)c(C(=O)Cn2cc(CN)nn2)c1. The molecule has 0 aliphatic rings. The van der Waals surface area contributed by atoms with Crippen molar-refractivity contribution in [2.24, 2.45) is 5.73 Å². The van der Waals surface area contributed by atoms with E-state index >= 15 is 0 Å². The molecule has 0 bridgehead atoms. The lowest BCUT2D eigenvalue weighted by Gasteiger charge is -2.03. The first kappa shape index (κ1) is 12.4. The minimum absolute atomic E-state index is 0.0482. The number of Topliss-reactive ketones (excluding diaryl/α,β-unsaturated/α-hetero) is 1. The summed E-state index contributed by atoms with van der Waals surface area (Å²) in [5.41, 5.74) is 6.88. The molecule has 0 unspecified atom stereocenters. The number of hydrogen-bond donors (Lipinski definition) is 1. The van der Waals surface area contributed by atoms with Gasteiger partial charge < -0.3 is 5.73 Å². The van der Waals surface area contributed by atoms with E-state index in [1.807, 2.05) is 0 Å². The van der Waals surface area contributed by atoms with Crippen LogP contribution in [0.1, 0.15) is 21.6 Å². The zero-order valence-electron chi connectivity index (χ0n) is 9.93. The number of carbonyl (C=O) groups is 1. The van der Waals surface area contributed by atoms with Gasteiger partial charge in [-0.2, -0.15) is 0 Å². The maximum Gasteiger partial charge on any atom is 0.187 e. The Balaban J connectivity index is 2.19. The standard InChI is InChI=1S/C12H13FN4O/c1-8-2-3-11(13)10(4-8)12(18)7-17-6-9(5-14)15-16-17/h2-4,6H,5,7,14H2,1H3. The van der Waals surface area contributed by atoms with Crippen LogP contribution < -0.4 is 5.73 Å². The van der Waals surface area contributed by atoms with Crippen molar-refractivity contribution in [2.45, 2.75) is 20.0 Å². The summed E-state index contributed by atoms with van der Waals surface area (Å²) in [5.74, 6) is -0.866. The molecular weight excluding hydrogens is 235 g/mol. The molecule has 2 aromatic rings.